The Bertz CT molecular complexity index is 978. The van der Waals surface area contributed by atoms with Crippen LogP contribution < -0.4 is 15.5 Å². The Labute approximate surface area is 207 Å². The maximum absolute atomic E-state index is 4.83. The van der Waals surface area contributed by atoms with Crippen LogP contribution in [0.2, 0.25) is 0 Å². The van der Waals surface area contributed by atoms with E-state index in [4.69, 9.17) is 4.99 Å². The molecular formula is C24H32IN7. The van der Waals surface area contributed by atoms with E-state index < -0.39 is 0 Å². The molecule has 4 rings (SSSR count). The minimum atomic E-state index is 0. The summed E-state index contributed by atoms with van der Waals surface area (Å²) in [6, 6.07) is 14.9. The molecule has 0 spiro atoms. The fourth-order valence-electron chi connectivity index (χ4n) is 3.80. The van der Waals surface area contributed by atoms with E-state index in [1.165, 1.54) is 5.56 Å². The zero-order chi connectivity index (χ0) is 21.5. The molecule has 0 amide bonds. The summed E-state index contributed by atoms with van der Waals surface area (Å²) in [5, 5.41) is 11.3. The molecular weight excluding hydrogens is 513 g/mol. The number of guanidine groups is 1. The summed E-state index contributed by atoms with van der Waals surface area (Å²) < 4.78 is 1.87. The van der Waals surface area contributed by atoms with E-state index in [1.807, 2.05) is 23.1 Å². The number of halogens is 1. The van der Waals surface area contributed by atoms with E-state index in [0.717, 1.165) is 55.5 Å². The second-order valence-corrected chi connectivity index (χ2v) is 7.92. The van der Waals surface area contributed by atoms with E-state index in [0.29, 0.717) is 12.6 Å². The highest BCUT2D eigenvalue weighted by molar-refractivity contribution is 14.0. The second kappa shape index (κ2) is 11.8. The van der Waals surface area contributed by atoms with Gasteiger partial charge >= 0.3 is 0 Å². The van der Waals surface area contributed by atoms with E-state index in [2.05, 4.69) is 75.9 Å². The van der Waals surface area contributed by atoms with Gasteiger partial charge in [-0.3, -0.25) is 0 Å². The van der Waals surface area contributed by atoms with Crippen LogP contribution >= 0.6 is 24.0 Å². The van der Waals surface area contributed by atoms with Gasteiger partial charge in [0.15, 0.2) is 5.96 Å². The zero-order valence-electron chi connectivity index (χ0n) is 18.7. The average molecular weight is 545 g/mol. The quantitative estimate of drug-likeness (QED) is 0.279. The first-order valence-corrected chi connectivity index (χ1v) is 11.0. The second-order valence-electron chi connectivity index (χ2n) is 7.92. The van der Waals surface area contributed by atoms with Crippen molar-refractivity contribution in [3.8, 4) is 5.69 Å². The van der Waals surface area contributed by atoms with Crippen molar-refractivity contribution in [1.82, 2.24) is 25.4 Å². The SMILES string of the molecule is CCNC(=NCc1cccc(-n2cccn2)c1)NC1CCN(c2ccc(C)cn2)CC1.I. The standard InChI is InChI=1S/C24H31N7.HI/c1-3-25-24(27-18-20-6-4-7-22(16-20)31-13-5-12-28-31)29-21-10-14-30(15-11-21)23-9-8-19(2)17-26-23;/h4-9,12-13,16-17,21H,3,10-11,14-15,18H2,1-2H3,(H2,25,27,29);1H. The van der Waals surface area contributed by atoms with E-state index in [9.17, 15) is 0 Å². The van der Waals surface area contributed by atoms with Crippen LogP contribution in [0.1, 0.15) is 30.9 Å². The fraction of sp³-hybridized carbons (Fsp3) is 0.375. The normalized spacial score (nSPS) is 14.7. The number of aromatic nitrogens is 3. The summed E-state index contributed by atoms with van der Waals surface area (Å²) in [5.74, 6) is 1.94. The van der Waals surface area contributed by atoms with E-state index >= 15 is 0 Å². The number of anilines is 1. The smallest absolute Gasteiger partial charge is 0.191 e. The fourth-order valence-corrected chi connectivity index (χ4v) is 3.80. The number of nitrogens with zero attached hydrogens (tertiary/aromatic N) is 5. The Balaban J connectivity index is 0.00000289. The maximum atomic E-state index is 4.83. The Morgan fingerprint density at radius 3 is 2.69 bits per heavy atom. The first-order chi connectivity index (χ1) is 15.2. The van der Waals surface area contributed by atoms with Crippen LogP contribution in [0.4, 0.5) is 5.82 Å². The molecule has 1 fully saturated rings. The zero-order valence-corrected chi connectivity index (χ0v) is 21.1. The topological polar surface area (TPSA) is 70.4 Å². The molecule has 2 N–H and O–H groups in total. The largest absolute Gasteiger partial charge is 0.357 e. The lowest BCUT2D eigenvalue weighted by molar-refractivity contribution is 0.459. The summed E-state index contributed by atoms with van der Waals surface area (Å²) in [4.78, 5) is 11.8. The molecule has 0 aliphatic carbocycles. The molecule has 0 unspecified atom stereocenters. The molecule has 1 saturated heterocycles. The summed E-state index contributed by atoms with van der Waals surface area (Å²) in [5.41, 5.74) is 3.40. The molecule has 170 valence electrons. The van der Waals surface area contributed by atoms with Gasteiger partial charge in [-0.25, -0.2) is 14.7 Å². The Kier molecular flexibility index (Phi) is 8.90. The van der Waals surface area contributed by atoms with Crippen molar-refractivity contribution in [3.05, 3.63) is 72.2 Å². The van der Waals surface area contributed by atoms with Crippen molar-refractivity contribution < 1.29 is 0 Å². The molecule has 3 aromatic rings. The number of aryl methyl sites for hydroxylation is 1. The van der Waals surface area contributed by atoms with Crippen molar-refractivity contribution in [3.63, 3.8) is 0 Å². The third-order valence-electron chi connectivity index (χ3n) is 5.50. The Morgan fingerprint density at radius 1 is 1.16 bits per heavy atom. The molecule has 8 heteroatoms. The molecule has 0 saturated carbocycles. The number of pyridine rings is 1. The van der Waals surface area contributed by atoms with Crippen LogP contribution in [-0.4, -0.2) is 46.4 Å². The number of benzene rings is 1. The maximum Gasteiger partial charge on any atom is 0.191 e. The average Bonchev–Trinajstić information content (AvgIpc) is 3.34. The minimum absolute atomic E-state index is 0. The van der Waals surface area contributed by atoms with Gasteiger partial charge in [0, 0.05) is 44.3 Å². The molecule has 3 heterocycles. The summed E-state index contributed by atoms with van der Waals surface area (Å²) in [7, 11) is 0. The lowest BCUT2D eigenvalue weighted by Crippen LogP contribution is -2.48. The van der Waals surface area contributed by atoms with Gasteiger partial charge in [-0.2, -0.15) is 5.10 Å². The monoisotopic (exact) mass is 545 g/mol. The number of hydrogen-bond donors (Lipinski definition) is 2. The third kappa shape index (κ3) is 6.44. The lowest BCUT2D eigenvalue weighted by atomic mass is 10.1. The van der Waals surface area contributed by atoms with Gasteiger partial charge in [0.25, 0.3) is 0 Å². The highest BCUT2D eigenvalue weighted by atomic mass is 127. The Morgan fingerprint density at radius 2 is 2.00 bits per heavy atom. The summed E-state index contributed by atoms with van der Waals surface area (Å²) >= 11 is 0. The van der Waals surface area contributed by atoms with Crippen molar-refractivity contribution in [1.29, 1.82) is 0 Å². The highest BCUT2D eigenvalue weighted by Crippen LogP contribution is 2.18. The van der Waals surface area contributed by atoms with Crippen molar-refractivity contribution in [2.75, 3.05) is 24.5 Å². The summed E-state index contributed by atoms with van der Waals surface area (Å²) in [6.45, 7) is 7.63. The van der Waals surface area contributed by atoms with Crippen LogP contribution in [0.3, 0.4) is 0 Å². The molecule has 1 aliphatic rings. The molecule has 2 aromatic heterocycles. The molecule has 1 aromatic carbocycles. The molecule has 1 aliphatic heterocycles. The molecule has 0 radical (unpaired) electrons. The van der Waals surface area contributed by atoms with Crippen molar-refractivity contribution in [2.24, 2.45) is 4.99 Å². The van der Waals surface area contributed by atoms with Crippen molar-refractivity contribution >= 4 is 35.8 Å². The number of aliphatic imine (C=N–C) groups is 1. The van der Waals surface area contributed by atoms with Crippen LogP contribution in [0.15, 0.2) is 66.0 Å². The van der Waals surface area contributed by atoms with E-state index in [1.54, 1.807) is 6.20 Å². The number of rotatable bonds is 6. The lowest BCUT2D eigenvalue weighted by Gasteiger charge is -2.33. The van der Waals surface area contributed by atoms with Gasteiger partial charge in [0.1, 0.15) is 5.82 Å². The minimum Gasteiger partial charge on any atom is -0.357 e. The molecule has 0 atom stereocenters. The number of nitrogens with one attached hydrogen (secondary N) is 2. The van der Waals surface area contributed by atoms with Crippen LogP contribution in [0, 0.1) is 6.92 Å². The van der Waals surface area contributed by atoms with Crippen LogP contribution in [0.5, 0.6) is 0 Å². The van der Waals surface area contributed by atoms with Crippen molar-refractivity contribution in [2.45, 2.75) is 39.3 Å². The molecule has 7 nitrogen and oxygen atoms in total. The van der Waals surface area contributed by atoms with Crippen LogP contribution in [-0.2, 0) is 6.54 Å². The number of hydrogen-bond acceptors (Lipinski definition) is 4. The van der Waals surface area contributed by atoms with Crippen LogP contribution in [0.25, 0.3) is 5.69 Å². The van der Waals surface area contributed by atoms with Gasteiger partial charge in [-0.15, -0.1) is 24.0 Å². The first-order valence-electron chi connectivity index (χ1n) is 11.0. The predicted molar refractivity (Wildman–Crippen MR) is 141 cm³/mol. The molecule has 0 bridgehead atoms. The third-order valence-corrected chi connectivity index (χ3v) is 5.50. The van der Waals surface area contributed by atoms with Gasteiger partial charge in [0.05, 0.1) is 12.2 Å². The Hall–Kier alpha value is -2.62. The van der Waals surface area contributed by atoms with Gasteiger partial charge < -0.3 is 15.5 Å². The number of piperidine rings is 1. The predicted octanol–water partition coefficient (Wildman–Crippen LogP) is 3.92. The first kappa shape index (κ1) is 24.0. The molecule has 32 heavy (non-hydrogen) atoms. The highest BCUT2D eigenvalue weighted by Gasteiger charge is 2.20. The summed E-state index contributed by atoms with van der Waals surface area (Å²) in [6.07, 6.45) is 7.81. The van der Waals surface area contributed by atoms with E-state index in [-0.39, 0.29) is 24.0 Å². The van der Waals surface area contributed by atoms with Gasteiger partial charge in [-0.05, 0) is 62.1 Å². The van der Waals surface area contributed by atoms with Gasteiger partial charge in [0.2, 0.25) is 0 Å². The van der Waals surface area contributed by atoms with Gasteiger partial charge in [-0.1, -0.05) is 18.2 Å².